The molecule has 0 aliphatic heterocycles. The van der Waals surface area contributed by atoms with Crippen LogP contribution in [0, 0.1) is 17.0 Å². The van der Waals surface area contributed by atoms with Crippen LogP contribution in [-0.4, -0.2) is 4.92 Å². The molecule has 0 aliphatic rings. The Kier molecular flexibility index (Phi) is 3.44. The summed E-state index contributed by atoms with van der Waals surface area (Å²) in [5.41, 5.74) is 0.860. The van der Waals surface area contributed by atoms with Gasteiger partial charge in [0.25, 0.3) is 5.69 Å². The zero-order valence-corrected chi connectivity index (χ0v) is 10.1. The summed E-state index contributed by atoms with van der Waals surface area (Å²) in [7, 11) is 0. The van der Waals surface area contributed by atoms with Gasteiger partial charge < -0.3 is 0 Å². The lowest BCUT2D eigenvalue weighted by Gasteiger charge is -2.03. The van der Waals surface area contributed by atoms with Gasteiger partial charge in [0.15, 0.2) is 0 Å². The largest absolute Gasteiger partial charge is 0.272 e. The summed E-state index contributed by atoms with van der Waals surface area (Å²) in [4.78, 5) is 12.5. The molecule has 0 amide bonds. The van der Waals surface area contributed by atoms with Gasteiger partial charge in [-0.2, -0.15) is 0 Å². The first-order valence-electron chi connectivity index (χ1n) is 5.15. The van der Waals surface area contributed by atoms with Crippen molar-refractivity contribution in [2.24, 2.45) is 0 Å². The van der Waals surface area contributed by atoms with Gasteiger partial charge in [0.05, 0.1) is 4.92 Å². The molecule has 0 radical (unpaired) electrons. The van der Waals surface area contributed by atoms with Crippen LogP contribution < -0.4 is 0 Å². The summed E-state index contributed by atoms with van der Waals surface area (Å²) in [6.07, 6.45) is 0. The molecule has 0 bridgehead atoms. The minimum absolute atomic E-state index is 0.169. The molecule has 86 valence electrons. The highest BCUT2D eigenvalue weighted by molar-refractivity contribution is 7.99. The Bertz CT molecular complexity index is 540. The van der Waals surface area contributed by atoms with Crippen molar-refractivity contribution in [3.63, 3.8) is 0 Å². The minimum Gasteiger partial charge on any atom is -0.258 e. The highest BCUT2D eigenvalue weighted by Gasteiger charge is 2.10. The quantitative estimate of drug-likeness (QED) is 0.605. The van der Waals surface area contributed by atoms with E-state index in [9.17, 15) is 10.1 Å². The SMILES string of the molecule is Cc1cc(Sc2ccccc2)ccc1[N+](=O)[O-]. The highest BCUT2D eigenvalue weighted by Crippen LogP contribution is 2.30. The first kappa shape index (κ1) is 11.7. The fraction of sp³-hybridized carbons (Fsp3) is 0.0769. The molecule has 0 aromatic heterocycles. The number of nitrogens with zero attached hydrogens (tertiary/aromatic N) is 1. The van der Waals surface area contributed by atoms with Gasteiger partial charge >= 0.3 is 0 Å². The maximum atomic E-state index is 10.7. The molecule has 0 spiro atoms. The van der Waals surface area contributed by atoms with Crippen molar-refractivity contribution in [3.8, 4) is 0 Å². The van der Waals surface area contributed by atoms with Crippen LogP contribution in [0.3, 0.4) is 0 Å². The maximum Gasteiger partial charge on any atom is 0.272 e. The highest BCUT2D eigenvalue weighted by atomic mass is 32.2. The minimum atomic E-state index is -0.355. The van der Waals surface area contributed by atoms with E-state index in [1.165, 1.54) is 0 Å². The first-order chi connectivity index (χ1) is 8.16. The number of aryl methyl sites for hydroxylation is 1. The molecule has 0 heterocycles. The molecule has 0 saturated heterocycles. The van der Waals surface area contributed by atoms with E-state index in [4.69, 9.17) is 0 Å². The lowest BCUT2D eigenvalue weighted by molar-refractivity contribution is -0.385. The van der Waals surface area contributed by atoms with Gasteiger partial charge in [-0.05, 0) is 31.2 Å². The number of hydrogen-bond acceptors (Lipinski definition) is 3. The molecule has 17 heavy (non-hydrogen) atoms. The van der Waals surface area contributed by atoms with Crippen LogP contribution in [0.5, 0.6) is 0 Å². The molecular formula is C13H11NO2S. The molecule has 3 nitrogen and oxygen atoms in total. The van der Waals surface area contributed by atoms with Crippen LogP contribution >= 0.6 is 11.8 Å². The topological polar surface area (TPSA) is 43.1 Å². The van der Waals surface area contributed by atoms with Crippen molar-refractivity contribution in [3.05, 3.63) is 64.2 Å². The second-order valence-corrected chi connectivity index (χ2v) is 4.77. The smallest absolute Gasteiger partial charge is 0.258 e. The molecule has 0 fully saturated rings. The molecule has 4 heteroatoms. The van der Waals surface area contributed by atoms with Crippen molar-refractivity contribution in [1.82, 2.24) is 0 Å². The monoisotopic (exact) mass is 245 g/mol. The van der Waals surface area contributed by atoms with Crippen molar-refractivity contribution in [1.29, 1.82) is 0 Å². The Labute approximate surface area is 104 Å². The zero-order chi connectivity index (χ0) is 12.3. The van der Waals surface area contributed by atoms with E-state index >= 15 is 0 Å². The third kappa shape index (κ3) is 2.85. The fourth-order valence-corrected chi connectivity index (χ4v) is 2.46. The fourth-order valence-electron chi connectivity index (χ4n) is 1.52. The summed E-state index contributed by atoms with van der Waals surface area (Å²) in [6, 6.07) is 15.1. The Morgan fingerprint density at radius 3 is 2.35 bits per heavy atom. The summed E-state index contributed by atoms with van der Waals surface area (Å²) in [5.74, 6) is 0. The van der Waals surface area contributed by atoms with Crippen molar-refractivity contribution >= 4 is 17.4 Å². The number of nitro benzene ring substituents is 1. The zero-order valence-electron chi connectivity index (χ0n) is 9.29. The van der Waals surface area contributed by atoms with Gasteiger partial charge in [0.1, 0.15) is 0 Å². The molecule has 2 aromatic rings. The van der Waals surface area contributed by atoms with Gasteiger partial charge in [-0.1, -0.05) is 30.0 Å². The van der Waals surface area contributed by atoms with Gasteiger partial charge in [-0.15, -0.1) is 0 Å². The predicted molar refractivity (Wildman–Crippen MR) is 68.4 cm³/mol. The Hall–Kier alpha value is -1.81. The summed E-state index contributed by atoms with van der Waals surface area (Å²) >= 11 is 1.60. The second-order valence-electron chi connectivity index (χ2n) is 3.62. The van der Waals surface area contributed by atoms with E-state index in [2.05, 4.69) is 0 Å². The Morgan fingerprint density at radius 1 is 1.06 bits per heavy atom. The third-order valence-electron chi connectivity index (χ3n) is 2.34. The lowest BCUT2D eigenvalue weighted by Crippen LogP contribution is -1.91. The molecule has 2 aromatic carbocycles. The molecule has 0 N–H and O–H groups in total. The van der Waals surface area contributed by atoms with E-state index in [1.807, 2.05) is 36.4 Å². The van der Waals surface area contributed by atoms with Crippen molar-refractivity contribution < 1.29 is 4.92 Å². The predicted octanol–water partition coefficient (Wildman–Crippen LogP) is 4.05. The van der Waals surface area contributed by atoms with Crippen LogP contribution in [0.1, 0.15) is 5.56 Å². The molecule has 0 aliphatic carbocycles. The van der Waals surface area contributed by atoms with E-state index in [1.54, 1.807) is 30.8 Å². The van der Waals surface area contributed by atoms with Crippen LogP contribution in [0.25, 0.3) is 0 Å². The van der Waals surface area contributed by atoms with Gasteiger partial charge in [-0.25, -0.2) is 0 Å². The van der Waals surface area contributed by atoms with Crippen LogP contribution in [0.15, 0.2) is 58.3 Å². The number of benzene rings is 2. The molecular weight excluding hydrogens is 234 g/mol. The number of hydrogen-bond donors (Lipinski definition) is 0. The molecule has 0 atom stereocenters. The first-order valence-corrected chi connectivity index (χ1v) is 5.96. The van der Waals surface area contributed by atoms with E-state index in [0.717, 1.165) is 9.79 Å². The normalized spacial score (nSPS) is 10.2. The van der Waals surface area contributed by atoms with E-state index in [0.29, 0.717) is 5.56 Å². The Morgan fingerprint density at radius 2 is 1.76 bits per heavy atom. The molecule has 0 unspecified atom stereocenters. The second kappa shape index (κ2) is 5.01. The van der Waals surface area contributed by atoms with E-state index in [-0.39, 0.29) is 10.6 Å². The molecule has 0 saturated carbocycles. The van der Waals surface area contributed by atoms with Gasteiger partial charge in [0, 0.05) is 21.4 Å². The standard InChI is InChI=1S/C13H11NO2S/c1-10-9-12(7-8-13(10)14(15)16)17-11-5-3-2-4-6-11/h2-9H,1H3. The van der Waals surface area contributed by atoms with Crippen LogP contribution in [0.4, 0.5) is 5.69 Å². The van der Waals surface area contributed by atoms with Crippen LogP contribution in [-0.2, 0) is 0 Å². The van der Waals surface area contributed by atoms with Gasteiger partial charge in [0.2, 0.25) is 0 Å². The van der Waals surface area contributed by atoms with E-state index < -0.39 is 0 Å². The average Bonchev–Trinajstić information content (AvgIpc) is 2.30. The lowest BCUT2D eigenvalue weighted by atomic mass is 10.2. The molecule has 2 rings (SSSR count). The average molecular weight is 245 g/mol. The summed E-state index contributed by atoms with van der Waals surface area (Å²) in [5, 5.41) is 10.7. The summed E-state index contributed by atoms with van der Waals surface area (Å²) < 4.78 is 0. The summed E-state index contributed by atoms with van der Waals surface area (Å²) in [6.45, 7) is 1.76. The number of rotatable bonds is 3. The van der Waals surface area contributed by atoms with Gasteiger partial charge in [-0.3, -0.25) is 10.1 Å². The number of nitro groups is 1. The third-order valence-corrected chi connectivity index (χ3v) is 3.34. The van der Waals surface area contributed by atoms with Crippen LogP contribution in [0.2, 0.25) is 0 Å². The van der Waals surface area contributed by atoms with Crippen molar-refractivity contribution in [2.75, 3.05) is 0 Å². The maximum absolute atomic E-state index is 10.7. The van der Waals surface area contributed by atoms with Crippen molar-refractivity contribution in [2.45, 2.75) is 16.7 Å². The Balaban J connectivity index is 2.24.